The number of alkyl halides is 2. The second kappa shape index (κ2) is 12.9. The molecule has 0 radical (unpaired) electrons. The first kappa shape index (κ1) is 30.3. The van der Waals surface area contributed by atoms with Crippen LogP contribution in [0.4, 0.5) is 14.5 Å². The maximum absolute atomic E-state index is 14.0. The van der Waals surface area contributed by atoms with E-state index in [-0.39, 0.29) is 28.9 Å². The molecule has 9 nitrogen and oxygen atoms in total. The number of amides is 1. The number of hydrogen-bond acceptors (Lipinski definition) is 6. The van der Waals surface area contributed by atoms with E-state index >= 15 is 0 Å². The van der Waals surface area contributed by atoms with Crippen molar-refractivity contribution in [2.45, 2.75) is 50.7 Å². The molecule has 1 atom stereocenters. The number of carbonyl (C=O) groups excluding carboxylic acids is 1. The third-order valence-corrected chi connectivity index (χ3v) is 7.67. The normalized spacial score (nSPS) is 16.0. The molecule has 0 unspecified atom stereocenters. The molecule has 3 aromatic rings. The first-order valence-electron chi connectivity index (χ1n) is 13.2. The molecule has 12 heteroatoms. The van der Waals surface area contributed by atoms with Crippen molar-refractivity contribution in [3.8, 4) is 11.5 Å². The number of hydrogen-bond donors (Lipinski definition) is 2. The number of nitrogens with one attached hydrogen (secondary N) is 1. The summed E-state index contributed by atoms with van der Waals surface area (Å²) in [6.45, 7) is 1.95. The van der Waals surface area contributed by atoms with Gasteiger partial charge >= 0.3 is 12.6 Å². The molecule has 1 fully saturated rings. The van der Waals surface area contributed by atoms with E-state index in [2.05, 4.69) is 15.2 Å². The van der Waals surface area contributed by atoms with Crippen LogP contribution in [0.25, 0.3) is 0 Å². The molecule has 220 valence electrons. The number of piperidine rings is 1. The number of aliphatic carboxylic acids is 1. The third-order valence-electron chi connectivity index (χ3n) is 7.44. The quantitative estimate of drug-likeness (QED) is 0.301. The Morgan fingerprint density at radius 2 is 1.80 bits per heavy atom. The lowest BCUT2D eigenvalue weighted by atomic mass is 9.84. The first-order chi connectivity index (χ1) is 19.5. The lowest BCUT2D eigenvalue weighted by Crippen LogP contribution is -2.54. The number of rotatable bonds is 11. The summed E-state index contributed by atoms with van der Waals surface area (Å²) in [4.78, 5) is 28.2. The van der Waals surface area contributed by atoms with E-state index in [0.717, 1.165) is 5.69 Å². The van der Waals surface area contributed by atoms with Crippen molar-refractivity contribution in [3.05, 3.63) is 71.0 Å². The molecular weight excluding hydrogens is 558 g/mol. The summed E-state index contributed by atoms with van der Waals surface area (Å²) in [7, 11) is 1.55. The molecule has 0 spiro atoms. The number of carboxylic acids is 1. The Bertz CT molecular complexity index is 1360. The Morgan fingerprint density at radius 3 is 2.39 bits per heavy atom. The van der Waals surface area contributed by atoms with E-state index in [1.165, 1.54) is 18.2 Å². The standard InChI is InChI=1S/C29H33ClF2N4O5/c1-18(2)24-10-13-33-36(24)29(27(39)34-23-9-6-20(30)16-25(23)41-28(31)32)11-14-35(15-12-29)17-22(26(37)38)19-4-7-21(40-3)8-5-19/h4-10,13,16,18,22,28H,11-12,14-15,17H2,1-3H3,(H,34,39)(H,37,38)/t22-/m0/s1. The Hall–Kier alpha value is -3.70. The van der Waals surface area contributed by atoms with E-state index < -0.39 is 29.9 Å². The molecule has 41 heavy (non-hydrogen) atoms. The second-order valence-electron chi connectivity index (χ2n) is 10.3. The van der Waals surface area contributed by atoms with Crippen LogP contribution in [0.5, 0.6) is 11.5 Å². The van der Waals surface area contributed by atoms with Gasteiger partial charge in [0.15, 0.2) is 5.75 Å². The van der Waals surface area contributed by atoms with Crippen molar-refractivity contribution in [2.75, 3.05) is 32.1 Å². The maximum Gasteiger partial charge on any atom is 0.387 e. The number of nitrogens with zero attached hydrogens (tertiary/aromatic N) is 3. The first-order valence-corrected chi connectivity index (χ1v) is 13.6. The number of carbonyl (C=O) groups is 2. The highest BCUT2D eigenvalue weighted by molar-refractivity contribution is 6.30. The molecule has 1 amide bonds. The number of anilines is 1. The number of benzene rings is 2. The average Bonchev–Trinajstić information content (AvgIpc) is 3.44. The van der Waals surface area contributed by atoms with Crippen LogP contribution in [-0.4, -0.2) is 65.0 Å². The Balaban J connectivity index is 1.60. The fourth-order valence-corrected chi connectivity index (χ4v) is 5.36. The van der Waals surface area contributed by atoms with Crippen LogP contribution in [0, 0.1) is 0 Å². The zero-order valence-electron chi connectivity index (χ0n) is 23.0. The van der Waals surface area contributed by atoms with Crippen molar-refractivity contribution >= 4 is 29.2 Å². The molecular formula is C29H33ClF2N4O5. The van der Waals surface area contributed by atoms with Crippen molar-refractivity contribution in [1.82, 2.24) is 14.7 Å². The highest BCUT2D eigenvalue weighted by Gasteiger charge is 2.46. The van der Waals surface area contributed by atoms with Gasteiger partial charge in [0.1, 0.15) is 11.3 Å². The summed E-state index contributed by atoms with van der Waals surface area (Å²) in [5, 5.41) is 17.5. The van der Waals surface area contributed by atoms with Gasteiger partial charge in [-0.2, -0.15) is 13.9 Å². The zero-order valence-corrected chi connectivity index (χ0v) is 23.8. The number of halogens is 3. The fourth-order valence-electron chi connectivity index (χ4n) is 5.20. The molecule has 1 aromatic heterocycles. The lowest BCUT2D eigenvalue weighted by molar-refractivity contribution is -0.140. The van der Waals surface area contributed by atoms with Gasteiger partial charge in [0.25, 0.3) is 5.91 Å². The number of carboxylic acid groups (broad SMARTS) is 1. The maximum atomic E-state index is 14.0. The van der Waals surface area contributed by atoms with Gasteiger partial charge < -0.3 is 24.8 Å². The van der Waals surface area contributed by atoms with Crippen LogP contribution < -0.4 is 14.8 Å². The number of likely N-dealkylation sites (tertiary alicyclic amines) is 1. The van der Waals surface area contributed by atoms with Crippen LogP contribution in [0.3, 0.4) is 0 Å². The summed E-state index contributed by atoms with van der Waals surface area (Å²) in [6, 6.07) is 12.9. The van der Waals surface area contributed by atoms with E-state index in [1.54, 1.807) is 42.3 Å². The molecule has 1 aliphatic rings. The summed E-state index contributed by atoms with van der Waals surface area (Å²) in [5.74, 6) is -1.72. The van der Waals surface area contributed by atoms with Crippen molar-refractivity contribution in [3.63, 3.8) is 0 Å². The molecule has 1 saturated heterocycles. The third kappa shape index (κ3) is 6.79. The summed E-state index contributed by atoms with van der Waals surface area (Å²) in [6.07, 6.45) is 2.26. The van der Waals surface area contributed by atoms with Gasteiger partial charge in [-0.3, -0.25) is 14.3 Å². The predicted molar refractivity (Wildman–Crippen MR) is 150 cm³/mol. The van der Waals surface area contributed by atoms with E-state index in [4.69, 9.17) is 16.3 Å². The molecule has 1 aliphatic heterocycles. The summed E-state index contributed by atoms with van der Waals surface area (Å²) >= 11 is 5.98. The lowest BCUT2D eigenvalue weighted by Gasteiger charge is -2.42. The van der Waals surface area contributed by atoms with Crippen molar-refractivity contribution in [2.24, 2.45) is 0 Å². The fraction of sp³-hybridized carbons (Fsp3) is 0.414. The molecule has 0 aliphatic carbocycles. The van der Waals surface area contributed by atoms with Crippen LogP contribution in [0.2, 0.25) is 5.02 Å². The molecule has 0 saturated carbocycles. The smallest absolute Gasteiger partial charge is 0.387 e. The molecule has 2 N–H and O–H groups in total. The van der Waals surface area contributed by atoms with Gasteiger partial charge in [-0.05, 0) is 54.7 Å². The Kier molecular flexibility index (Phi) is 9.49. The van der Waals surface area contributed by atoms with Crippen LogP contribution in [0.1, 0.15) is 49.8 Å². The SMILES string of the molecule is COc1ccc([C@H](CN2CCC(C(=O)Nc3ccc(Cl)cc3OC(F)F)(n3nccc3C(C)C)CC2)C(=O)O)cc1. The van der Waals surface area contributed by atoms with Gasteiger partial charge in [0.05, 0.1) is 18.7 Å². The van der Waals surface area contributed by atoms with E-state index in [0.29, 0.717) is 37.2 Å². The highest BCUT2D eigenvalue weighted by atomic mass is 35.5. The number of ether oxygens (including phenoxy) is 2. The van der Waals surface area contributed by atoms with Crippen LogP contribution in [-0.2, 0) is 15.1 Å². The summed E-state index contributed by atoms with van der Waals surface area (Å²) < 4.78 is 37.7. The van der Waals surface area contributed by atoms with Gasteiger partial charge in [-0.1, -0.05) is 37.6 Å². The van der Waals surface area contributed by atoms with Crippen LogP contribution >= 0.6 is 11.6 Å². The predicted octanol–water partition coefficient (Wildman–Crippen LogP) is 5.57. The van der Waals surface area contributed by atoms with E-state index in [1.807, 2.05) is 24.8 Å². The average molecular weight is 591 g/mol. The number of methoxy groups -OCH3 is 1. The van der Waals surface area contributed by atoms with Gasteiger partial charge in [0, 0.05) is 42.6 Å². The monoisotopic (exact) mass is 590 g/mol. The highest BCUT2D eigenvalue weighted by Crippen LogP contribution is 2.37. The minimum absolute atomic E-state index is 0.0555. The van der Waals surface area contributed by atoms with Gasteiger partial charge in [-0.15, -0.1) is 0 Å². The minimum atomic E-state index is -3.10. The topological polar surface area (TPSA) is 106 Å². The summed E-state index contributed by atoms with van der Waals surface area (Å²) in [5.41, 5.74) is 0.400. The van der Waals surface area contributed by atoms with E-state index in [9.17, 15) is 23.5 Å². The Labute approximate surface area is 242 Å². The van der Waals surface area contributed by atoms with Gasteiger partial charge in [-0.25, -0.2) is 0 Å². The largest absolute Gasteiger partial charge is 0.497 e. The van der Waals surface area contributed by atoms with Gasteiger partial charge in [0.2, 0.25) is 0 Å². The minimum Gasteiger partial charge on any atom is -0.497 e. The Morgan fingerprint density at radius 1 is 1.12 bits per heavy atom. The number of aromatic nitrogens is 2. The molecule has 0 bridgehead atoms. The van der Waals surface area contributed by atoms with Crippen molar-refractivity contribution in [1.29, 1.82) is 0 Å². The van der Waals surface area contributed by atoms with Crippen molar-refractivity contribution < 1.29 is 33.0 Å². The molecule has 4 rings (SSSR count). The van der Waals surface area contributed by atoms with Crippen LogP contribution in [0.15, 0.2) is 54.7 Å². The molecule has 2 aromatic carbocycles. The second-order valence-corrected chi connectivity index (χ2v) is 10.7. The zero-order chi connectivity index (χ0) is 29.7. The molecule has 2 heterocycles.